The van der Waals surface area contributed by atoms with Crippen LogP contribution >= 0.6 is 0 Å². The molecular weight excluding hydrogens is 218 g/mol. The van der Waals surface area contributed by atoms with Gasteiger partial charge < -0.3 is 5.32 Å². The molecule has 1 unspecified atom stereocenters. The van der Waals surface area contributed by atoms with Gasteiger partial charge in [-0.15, -0.1) is 0 Å². The minimum absolute atomic E-state index is 0.431. The van der Waals surface area contributed by atoms with Crippen LogP contribution in [0.5, 0.6) is 0 Å². The Morgan fingerprint density at radius 1 is 1.17 bits per heavy atom. The molecule has 1 N–H and O–H groups in total. The molecule has 0 amide bonds. The molecule has 0 aromatic heterocycles. The van der Waals surface area contributed by atoms with Gasteiger partial charge in [-0.3, -0.25) is 0 Å². The minimum atomic E-state index is 0.431. The second-order valence-corrected chi connectivity index (χ2v) is 5.42. The molecule has 0 saturated carbocycles. The van der Waals surface area contributed by atoms with Gasteiger partial charge in [-0.05, 0) is 44.2 Å². The minimum Gasteiger partial charge on any atom is -0.304 e. The van der Waals surface area contributed by atoms with Gasteiger partial charge >= 0.3 is 0 Å². The van der Waals surface area contributed by atoms with Crippen molar-refractivity contribution in [3.8, 4) is 0 Å². The highest BCUT2D eigenvalue weighted by molar-refractivity contribution is 5.28. The lowest BCUT2D eigenvalue weighted by Gasteiger charge is -2.23. The number of allylic oxidation sites excluding steroid dienone is 1. The molecule has 1 heteroatoms. The Balaban J connectivity index is 1.99. The summed E-state index contributed by atoms with van der Waals surface area (Å²) in [7, 11) is 0. The third-order valence-corrected chi connectivity index (χ3v) is 3.87. The van der Waals surface area contributed by atoms with Crippen LogP contribution in [-0.4, -0.2) is 6.04 Å². The first-order valence-corrected chi connectivity index (χ1v) is 7.25. The number of hydrogen-bond acceptors (Lipinski definition) is 1. The lowest BCUT2D eigenvalue weighted by molar-refractivity contribution is 0.461. The summed E-state index contributed by atoms with van der Waals surface area (Å²) >= 11 is 0. The van der Waals surface area contributed by atoms with E-state index >= 15 is 0 Å². The van der Waals surface area contributed by atoms with Gasteiger partial charge in [-0.1, -0.05) is 49.3 Å². The quantitative estimate of drug-likeness (QED) is 0.769. The van der Waals surface area contributed by atoms with Crippen molar-refractivity contribution in [3.63, 3.8) is 0 Å². The molecule has 1 nitrogen and oxygen atoms in total. The third-order valence-electron chi connectivity index (χ3n) is 3.87. The van der Waals surface area contributed by atoms with E-state index in [1.807, 2.05) is 0 Å². The molecule has 0 saturated heterocycles. The molecular formula is C17H25N. The fourth-order valence-corrected chi connectivity index (χ4v) is 2.78. The Hall–Kier alpha value is -1.08. The summed E-state index contributed by atoms with van der Waals surface area (Å²) in [6.07, 6.45) is 11.3. The number of benzene rings is 1. The molecule has 1 aromatic rings. The molecule has 0 fully saturated rings. The molecule has 98 valence electrons. The van der Waals surface area contributed by atoms with E-state index < -0.39 is 0 Å². The largest absolute Gasteiger partial charge is 0.304 e. The Bertz CT molecular complexity index is 394. The first kappa shape index (κ1) is 13.4. The van der Waals surface area contributed by atoms with Crippen molar-refractivity contribution in [1.29, 1.82) is 0 Å². The Labute approximate surface area is 111 Å². The van der Waals surface area contributed by atoms with Gasteiger partial charge in [0.25, 0.3) is 0 Å². The summed E-state index contributed by atoms with van der Waals surface area (Å²) < 4.78 is 0. The van der Waals surface area contributed by atoms with E-state index in [9.17, 15) is 0 Å². The van der Waals surface area contributed by atoms with Crippen LogP contribution in [0.15, 0.2) is 36.4 Å². The van der Waals surface area contributed by atoms with Gasteiger partial charge in [0.1, 0.15) is 0 Å². The van der Waals surface area contributed by atoms with E-state index in [1.54, 1.807) is 0 Å². The van der Waals surface area contributed by atoms with Gasteiger partial charge in [-0.25, -0.2) is 0 Å². The molecule has 1 aliphatic rings. The van der Waals surface area contributed by atoms with E-state index in [0.717, 1.165) is 0 Å². The van der Waals surface area contributed by atoms with Gasteiger partial charge in [0.15, 0.2) is 0 Å². The van der Waals surface area contributed by atoms with Gasteiger partial charge in [0, 0.05) is 12.1 Å². The molecule has 2 atom stereocenters. The highest BCUT2D eigenvalue weighted by atomic mass is 14.9. The standard InChI is InChI=1S/C17H25N/c1-14-10-8-9-13-17(14)15(2)18-16-11-6-4-3-5-7-12-16/h6,8-11,13,15-16,18H,3-5,7,12H2,1-2H3/b11-6+/t15-,16?/m1/s1. The van der Waals surface area contributed by atoms with E-state index in [1.165, 1.54) is 43.2 Å². The highest BCUT2D eigenvalue weighted by Crippen LogP contribution is 2.19. The molecule has 2 rings (SSSR count). The Morgan fingerprint density at radius 3 is 2.83 bits per heavy atom. The van der Waals surface area contributed by atoms with E-state index in [2.05, 4.69) is 55.6 Å². The summed E-state index contributed by atoms with van der Waals surface area (Å²) in [4.78, 5) is 0. The van der Waals surface area contributed by atoms with Crippen LogP contribution in [0.2, 0.25) is 0 Å². The van der Waals surface area contributed by atoms with Crippen molar-refractivity contribution >= 4 is 0 Å². The molecule has 1 aliphatic carbocycles. The monoisotopic (exact) mass is 243 g/mol. The number of rotatable bonds is 3. The van der Waals surface area contributed by atoms with Crippen LogP contribution in [0, 0.1) is 6.92 Å². The molecule has 0 bridgehead atoms. The van der Waals surface area contributed by atoms with E-state index in [-0.39, 0.29) is 0 Å². The molecule has 0 aliphatic heterocycles. The maximum absolute atomic E-state index is 3.76. The summed E-state index contributed by atoms with van der Waals surface area (Å²) in [5, 5.41) is 3.76. The van der Waals surface area contributed by atoms with Crippen molar-refractivity contribution in [2.45, 2.75) is 58.0 Å². The fourth-order valence-electron chi connectivity index (χ4n) is 2.78. The first-order valence-electron chi connectivity index (χ1n) is 7.25. The van der Waals surface area contributed by atoms with Crippen LogP contribution in [-0.2, 0) is 0 Å². The average Bonchev–Trinajstić information content (AvgIpc) is 2.33. The molecule has 0 radical (unpaired) electrons. The zero-order chi connectivity index (χ0) is 12.8. The summed E-state index contributed by atoms with van der Waals surface area (Å²) in [6.45, 7) is 4.47. The Kier molecular flexibility index (Phi) is 5.00. The lowest BCUT2D eigenvalue weighted by atomic mass is 9.98. The lowest BCUT2D eigenvalue weighted by Crippen LogP contribution is -2.30. The van der Waals surface area contributed by atoms with Crippen LogP contribution in [0.1, 0.15) is 56.2 Å². The van der Waals surface area contributed by atoms with Crippen LogP contribution in [0.4, 0.5) is 0 Å². The van der Waals surface area contributed by atoms with Crippen LogP contribution in [0.3, 0.4) is 0 Å². The van der Waals surface area contributed by atoms with Gasteiger partial charge in [0.2, 0.25) is 0 Å². The predicted octanol–water partition coefficient (Wildman–Crippen LogP) is 4.53. The van der Waals surface area contributed by atoms with Gasteiger partial charge in [-0.2, -0.15) is 0 Å². The summed E-state index contributed by atoms with van der Waals surface area (Å²) in [5.41, 5.74) is 2.81. The van der Waals surface area contributed by atoms with Crippen LogP contribution in [0.25, 0.3) is 0 Å². The number of hydrogen-bond donors (Lipinski definition) is 1. The highest BCUT2D eigenvalue weighted by Gasteiger charge is 2.13. The summed E-state index contributed by atoms with van der Waals surface area (Å²) in [6, 6.07) is 9.65. The van der Waals surface area contributed by atoms with E-state index in [0.29, 0.717) is 12.1 Å². The predicted molar refractivity (Wildman–Crippen MR) is 78.7 cm³/mol. The number of nitrogens with one attached hydrogen (secondary N) is 1. The molecule has 1 aromatic carbocycles. The van der Waals surface area contributed by atoms with Crippen molar-refractivity contribution < 1.29 is 0 Å². The fraction of sp³-hybridized carbons (Fsp3) is 0.529. The maximum Gasteiger partial charge on any atom is 0.0299 e. The van der Waals surface area contributed by atoms with Crippen molar-refractivity contribution in [3.05, 3.63) is 47.5 Å². The van der Waals surface area contributed by atoms with Crippen molar-refractivity contribution in [2.75, 3.05) is 0 Å². The maximum atomic E-state index is 3.76. The Morgan fingerprint density at radius 2 is 2.00 bits per heavy atom. The van der Waals surface area contributed by atoms with Crippen molar-refractivity contribution in [1.82, 2.24) is 5.32 Å². The van der Waals surface area contributed by atoms with Crippen molar-refractivity contribution in [2.24, 2.45) is 0 Å². The SMILES string of the molecule is Cc1ccccc1[C@@H](C)NC1/C=C/CCCCC1. The number of aryl methyl sites for hydroxylation is 1. The first-order chi connectivity index (χ1) is 8.77. The smallest absolute Gasteiger partial charge is 0.0299 e. The zero-order valence-corrected chi connectivity index (χ0v) is 11.7. The normalized spacial score (nSPS) is 24.0. The summed E-state index contributed by atoms with van der Waals surface area (Å²) in [5.74, 6) is 0. The molecule has 18 heavy (non-hydrogen) atoms. The third kappa shape index (κ3) is 3.71. The second kappa shape index (κ2) is 6.75. The average molecular weight is 243 g/mol. The van der Waals surface area contributed by atoms with Gasteiger partial charge in [0.05, 0.1) is 0 Å². The molecule has 0 heterocycles. The van der Waals surface area contributed by atoms with E-state index in [4.69, 9.17) is 0 Å². The topological polar surface area (TPSA) is 12.0 Å². The molecule has 0 spiro atoms. The van der Waals surface area contributed by atoms with Crippen LogP contribution < -0.4 is 5.32 Å². The zero-order valence-electron chi connectivity index (χ0n) is 11.7. The second-order valence-electron chi connectivity index (χ2n) is 5.42.